The molecule has 19 heavy (non-hydrogen) atoms. The van der Waals surface area contributed by atoms with Crippen molar-refractivity contribution in [3.05, 3.63) is 29.3 Å². The monoisotopic (exact) mass is 263 g/mol. The zero-order chi connectivity index (χ0) is 14.5. The van der Waals surface area contributed by atoms with Crippen molar-refractivity contribution in [1.82, 2.24) is 5.32 Å². The van der Waals surface area contributed by atoms with Gasteiger partial charge in [0.2, 0.25) is 0 Å². The molecule has 1 N–H and O–H groups in total. The Morgan fingerprint density at radius 2 is 1.89 bits per heavy atom. The standard InChI is InChI=1S/C17H29NO/c1-7-8-15(12-18-17(4,5)6)19-16-10-9-13(2)11-14(16)3/h9-11,15,18H,7-8,12H2,1-6H3. The van der Waals surface area contributed by atoms with Gasteiger partial charge in [0.1, 0.15) is 11.9 Å². The molecule has 1 aromatic rings. The highest BCUT2D eigenvalue weighted by Gasteiger charge is 2.15. The number of hydrogen-bond acceptors (Lipinski definition) is 2. The van der Waals surface area contributed by atoms with E-state index in [2.05, 4.69) is 65.1 Å². The average Bonchev–Trinajstić information content (AvgIpc) is 2.28. The second kappa shape index (κ2) is 6.95. The van der Waals surface area contributed by atoms with Gasteiger partial charge in [-0.25, -0.2) is 0 Å². The number of aryl methyl sites for hydroxylation is 2. The zero-order valence-corrected chi connectivity index (χ0v) is 13.3. The molecule has 0 aromatic heterocycles. The van der Waals surface area contributed by atoms with Gasteiger partial charge in [-0.05, 0) is 52.7 Å². The minimum Gasteiger partial charge on any atom is -0.489 e. The van der Waals surface area contributed by atoms with Gasteiger partial charge in [0, 0.05) is 12.1 Å². The van der Waals surface area contributed by atoms with E-state index in [0.717, 1.165) is 25.1 Å². The molecule has 1 atom stereocenters. The van der Waals surface area contributed by atoms with Gasteiger partial charge in [-0.2, -0.15) is 0 Å². The number of rotatable bonds is 6. The molecule has 0 saturated carbocycles. The molecule has 2 heteroatoms. The van der Waals surface area contributed by atoms with E-state index in [9.17, 15) is 0 Å². The largest absolute Gasteiger partial charge is 0.489 e. The molecule has 0 bridgehead atoms. The van der Waals surface area contributed by atoms with Gasteiger partial charge in [-0.1, -0.05) is 31.0 Å². The van der Waals surface area contributed by atoms with E-state index < -0.39 is 0 Å². The van der Waals surface area contributed by atoms with Crippen LogP contribution < -0.4 is 10.1 Å². The highest BCUT2D eigenvalue weighted by molar-refractivity contribution is 5.35. The molecule has 0 heterocycles. The van der Waals surface area contributed by atoms with Crippen molar-refractivity contribution in [3.8, 4) is 5.75 Å². The van der Waals surface area contributed by atoms with Crippen LogP contribution in [0.1, 0.15) is 51.7 Å². The predicted molar refractivity (Wildman–Crippen MR) is 83.0 cm³/mol. The van der Waals surface area contributed by atoms with Crippen molar-refractivity contribution >= 4 is 0 Å². The Labute approximate surface area is 118 Å². The van der Waals surface area contributed by atoms with Gasteiger partial charge in [0.25, 0.3) is 0 Å². The van der Waals surface area contributed by atoms with Crippen molar-refractivity contribution in [2.75, 3.05) is 6.54 Å². The van der Waals surface area contributed by atoms with Crippen LogP contribution in [0, 0.1) is 13.8 Å². The highest BCUT2D eigenvalue weighted by Crippen LogP contribution is 2.21. The van der Waals surface area contributed by atoms with Crippen LogP contribution in [0.4, 0.5) is 0 Å². The van der Waals surface area contributed by atoms with Gasteiger partial charge >= 0.3 is 0 Å². The molecular weight excluding hydrogens is 234 g/mol. The van der Waals surface area contributed by atoms with E-state index in [1.54, 1.807) is 0 Å². The second-order valence-electron chi connectivity index (χ2n) is 6.43. The van der Waals surface area contributed by atoms with Gasteiger partial charge < -0.3 is 10.1 Å². The summed E-state index contributed by atoms with van der Waals surface area (Å²) in [6.45, 7) is 13.9. The van der Waals surface area contributed by atoms with Gasteiger partial charge in [-0.3, -0.25) is 0 Å². The fourth-order valence-electron chi connectivity index (χ4n) is 2.06. The Bertz CT molecular complexity index is 393. The van der Waals surface area contributed by atoms with E-state index in [1.807, 2.05) is 0 Å². The Hall–Kier alpha value is -1.02. The van der Waals surface area contributed by atoms with Crippen LogP contribution in [-0.2, 0) is 0 Å². The molecule has 0 radical (unpaired) electrons. The van der Waals surface area contributed by atoms with Crippen LogP contribution in [0.15, 0.2) is 18.2 Å². The van der Waals surface area contributed by atoms with E-state index in [-0.39, 0.29) is 11.6 Å². The maximum Gasteiger partial charge on any atom is 0.122 e. The Balaban J connectivity index is 2.67. The van der Waals surface area contributed by atoms with Crippen molar-refractivity contribution in [2.24, 2.45) is 0 Å². The van der Waals surface area contributed by atoms with E-state index in [4.69, 9.17) is 4.74 Å². The quantitative estimate of drug-likeness (QED) is 0.829. The highest BCUT2D eigenvalue weighted by atomic mass is 16.5. The molecule has 108 valence electrons. The summed E-state index contributed by atoms with van der Waals surface area (Å²) in [5.41, 5.74) is 2.64. The van der Waals surface area contributed by atoms with Crippen LogP contribution >= 0.6 is 0 Å². The Morgan fingerprint density at radius 1 is 1.21 bits per heavy atom. The summed E-state index contributed by atoms with van der Waals surface area (Å²) in [4.78, 5) is 0. The molecule has 0 saturated heterocycles. The third-order valence-corrected chi connectivity index (χ3v) is 3.09. The van der Waals surface area contributed by atoms with Gasteiger partial charge in [0.15, 0.2) is 0 Å². The first kappa shape index (κ1) is 16.0. The lowest BCUT2D eigenvalue weighted by atomic mass is 10.1. The molecule has 0 amide bonds. The molecule has 0 spiro atoms. The minimum absolute atomic E-state index is 0.137. The molecule has 0 aliphatic heterocycles. The number of ether oxygens (including phenoxy) is 1. The van der Waals surface area contributed by atoms with E-state index >= 15 is 0 Å². The number of benzene rings is 1. The lowest BCUT2D eigenvalue weighted by Gasteiger charge is -2.26. The fourth-order valence-corrected chi connectivity index (χ4v) is 2.06. The molecule has 0 fully saturated rings. The first-order valence-corrected chi connectivity index (χ1v) is 7.31. The third-order valence-electron chi connectivity index (χ3n) is 3.09. The molecule has 2 nitrogen and oxygen atoms in total. The van der Waals surface area contributed by atoms with Crippen LogP contribution in [0.5, 0.6) is 5.75 Å². The summed E-state index contributed by atoms with van der Waals surface area (Å²) < 4.78 is 6.17. The SMILES string of the molecule is CCCC(CNC(C)(C)C)Oc1ccc(C)cc1C. The van der Waals surface area contributed by atoms with Crippen molar-refractivity contribution in [3.63, 3.8) is 0 Å². The number of nitrogens with one attached hydrogen (secondary N) is 1. The Morgan fingerprint density at radius 3 is 2.42 bits per heavy atom. The summed E-state index contributed by atoms with van der Waals surface area (Å²) in [6, 6.07) is 6.38. The van der Waals surface area contributed by atoms with Crippen LogP contribution in [0.25, 0.3) is 0 Å². The second-order valence-corrected chi connectivity index (χ2v) is 6.43. The molecular formula is C17H29NO. The Kier molecular flexibility index (Phi) is 5.86. The van der Waals surface area contributed by atoms with Crippen molar-refractivity contribution in [1.29, 1.82) is 0 Å². The fraction of sp³-hybridized carbons (Fsp3) is 0.647. The summed E-state index contributed by atoms with van der Waals surface area (Å²) in [5.74, 6) is 1.01. The van der Waals surface area contributed by atoms with Crippen molar-refractivity contribution in [2.45, 2.75) is 66.0 Å². The van der Waals surface area contributed by atoms with Crippen LogP contribution in [0.2, 0.25) is 0 Å². The summed E-state index contributed by atoms with van der Waals surface area (Å²) >= 11 is 0. The minimum atomic E-state index is 0.137. The van der Waals surface area contributed by atoms with Crippen molar-refractivity contribution < 1.29 is 4.74 Å². The molecule has 0 aliphatic carbocycles. The predicted octanol–water partition coefficient (Wildman–Crippen LogP) is 4.24. The summed E-state index contributed by atoms with van der Waals surface area (Å²) in [6.07, 6.45) is 2.46. The van der Waals surface area contributed by atoms with E-state index in [1.165, 1.54) is 11.1 Å². The third kappa shape index (κ3) is 6.11. The first-order chi connectivity index (χ1) is 8.81. The molecule has 1 rings (SSSR count). The zero-order valence-electron chi connectivity index (χ0n) is 13.3. The molecule has 1 unspecified atom stereocenters. The summed E-state index contributed by atoms with van der Waals surface area (Å²) in [7, 11) is 0. The molecule has 1 aromatic carbocycles. The topological polar surface area (TPSA) is 21.3 Å². The smallest absolute Gasteiger partial charge is 0.122 e. The van der Waals surface area contributed by atoms with Gasteiger partial charge in [-0.15, -0.1) is 0 Å². The van der Waals surface area contributed by atoms with E-state index in [0.29, 0.717) is 0 Å². The maximum absolute atomic E-state index is 6.17. The average molecular weight is 263 g/mol. The lowest BCUT2D eigenvalue weighted by Crippen LogP contribution is -2.42. The summed E-state index contributed by atoms with van der Waals surface area (Å²) in [5, 5.41) is 3.53. The molecule has 0 aliphatic rings. The maximum atomic E-state index is 6.17. The number of hydrogen-bond donors (Lipinski definition) is 1. The first-order valence-electron chi connectivity index (χ1n) is 7.31. The normalized spacial score (nSPS) is 13.4. The lowest BCUT2D eigenvalue weighted by molar-refractivity contribution is 0.174. The van der Waals surface area contributed by atoms with Crippen LogP contribution in [0.3, 0.4) is 0 Å². The van der Waals surface area contributed by atoms with Gasteiger partial charge in [0.05, 0.1) is 0 Å². The van der Waals surface area contributed by atoms with Crippen LogP contribution in [-0.4, -0.2) is 18.2 Å².